The maximum atomic E-state index is 12.1. The molecule has 3 heterocycles. The van der Waals surface area contributed by atoms with Crippen LogP contribution in [0.1, 0.15) is 28.8 Å². The fourth-order valence-electron chi connectivity index (χ4n) is 3.76. The first-order valence-corrected chi connectivity index (χ1v) is 10.5. The third-order valence-electron chi connectivity index (χ3n) is 5.09. The van der Waals surface area contributed by atoms with E-state index in [-0.39, 0.29) is 11.7 Å². The van der Waals surface area contributed by atoms with Crippen LogP contribution in [0.25, 0.3) is 11.0 Å². The molecule has 0 radical (unpaired) electrons. The third-order valence-corrected chi connectivity index (χ3v) is 6.38. The van der Waals surface area contributed by atoms with Crippen molar-refractivity contribution >= 4 is 33.9 Å². The summed E-state index contributed by atoms with van der Waals surface area (Å²) in [6.07, 6.45) is 2.53. The highest BCUT2D eigenvalue weighted by molar-refractivity contribution is 7.09. The second-order valence-electron chi connectivity index (χ2n) is 7.21. The number of ether oxygens (including phenoxy) is 1. The number of fused-ring (bicyclic) bond motifs is 1. The average molecular weight is 405 g/mol. The maximum absolute atomic E-state index is 12.1. The van der Waals surface area contributed by atoms with Gasteiger partial charge < -0.3 is 14.1 Å². The lowest BCUT2D eigenvalue weighted by Crippen LogP contribution is -3.10. The molecule has 0 aliphatic carbocycles. The second kappa shape index (κ2) is 8.15. The lowest BCUT2D eigenvalue weighted by Gasteiger charge is -2.22. The van der Waals surface area contributed by atoms with Crippen LogP contribution in [-0.4, -0.2) is 19.3 Å². The molecular formula is C21H23ClNO3S+. The molecule has 1 unspecified atom stereocenters. The Morgan fingerprint density at radius 3 is 2.93 bits per heavy atom. The van der Waals surface area contributed by atoms with Gasteiger partial charge in [-0.1, -0.05) is 17.7 Å². The van der Waals surface area contributed by atoms with Crippen LogP contribution in [0.15, 0.2) is 44.9 Å². The molecule has 27 heavy (non-hydrogen) atoms. The quantitative estimate of drug-likeness (QED) is 0.638. The molecule has 1 aliphatic rings. The van der Waals surface area contributed by atoms with E-state index < -0.39 is 0 Å². The molecule has 2 atom stereocenters. The van der Waals surface area contributed by atoms with Crippen LogP contribution in [0.4, 0.5) is 0 Å². The summed E-state index contributed by atoms with van der Waals surface area (Å²) in [5.74, 6) is 0. The standard InChI is InChI=1S/C21H22ClNO3S/c1-14-8-20-18(10-19(14)22)15(9-21(24)26-20)11-23(12-16-4-2-6-25-16)13-17-5-3-7-27-17/h3,5,7-10,16H,2,4,6,11-13H2,1H3/p+1/t16-/m1/s1. The van der Waals surface area contributed by atoms with Crippen molar-refractivity contribution in [3.8, 4) is 0 Å². The summed E-state index contributed by atoms with van der Waals surface area (Å²) in [5.41, 5.74) is 2.18. The summed E-state index contributed by atoms with van der Waals surface area (Å²) in [6.45, 7) is 5.35. The van der Waals surface area contributed by atoms with Crippen LogP contribution >= 0.6 is 22.9 Å². The van der Waals surface area contributed by atoms with E-state index in [1.165, 1.54) is 9.78 Å². The van der Waals surface area contributed by atoms with E-state index in [0.717, 1.165) is 55.6 Å². The zero-order valence-corrected chi connectivity index (χ0v) is 16.9. The molecule has 4 nitrogen and oxygen atoms in total. The monoisotopic (exact) mass is 404 g/mol. The first-order valence-electron chi connectivity index (χ1n) is 9.29. The first-order chi connectivity index (χ1) is 13.1. The minimum atomic E-state index is -0.313. The molecule has 1 N–H and O–H groups in total. The van der Waals surface area contributed by atoms with Gasteiger partial charge in [0.25, 0.3) is 0 Å². The predicted molar refractivity (Wildman–Crippen MR) is 109 cm³/mol. The van der Waals surface area contributed by atoms with Crippen LogP contribution < -0.4 is 10.5 Å². The molecule has 142 valence electrons. The molecule has 4 rings (SSSR count). The average Bonchev–Trinajstić information content (AvgIpc) is 3.30. The van der Waals surface area contributed by atoms with E-state index in [2.05, 4.69) is 17.5 Å². The Kier molecular flexibility index (Phi) is 5.64. The minimum absolute atomic E-state index is 0.289. The Morgan fingerprint density at radius 2 is 2.19 bits per heavy atom. The molecule has 1 aromatic carbocycles. The number of hydrogen-bond donors (Lipinski definition) is 1. The smallest absolute Gasteiger partial charge is 0.336 e. The van der Waals surface area contributed by atoms with Crippen LogP contribution in [0, 0.1) is 6.92 Å². The molecule has 1 aliphatic heterocycles. The second-order valence-corrected chi connectivity index (χ2v) is 8.65. The summed E-state index contributed by atoms with van der Waals surface area (Å²) in [5, 5.41) is 3.71. The molecule has 0 amide bonds. The zero-order valence-electron chi connectivity index (χ0n) is 15.3. The number of halogens is 1. The van der Waals surface area contributed by atoms with Crippen molar-refractivity contribution in [1.82, 2.24) is 0 Å². The molecule has 0 spiro atoms. The van der Waals surface area contributed by atoms with E-state index in [0.29, 0.717) is 10.6 Å². The number of quaternary nitrogens is 1. The number of thiophene rings is 1. The van der Waals surface area contributed by atoms with Gasteiger partial charge in [-0.3, -0.25) is 0 Å². The van der Waals surface area contributed by atoms with Gasteiger partial charge in [-0.15, -0.1) is 11.3 Å². The van der Waals surface area contributed by atoms with E-state index in [9.17, 15) is 4.79 Å². The summed E-state index contributed by atoms with van der Waals surface area (Å²) >= 11 is 8.11. The summed E-state index contributed by atoms with van der Waals surface area (Å²) in [4.78, 5) is 14.8. The van der Waals surface area contributed by atoms with Crippen molar-refractivity contribution in [2.24, 2.45) is 0 Å². The summed E-state index contributed by atoms with van der Waals surface area (Å²) in [6, 6.07) is 9.62. The minimum Gasteiger partial charge on any atom is -0.423 e. The third kappa shape index (κ3) is 4.43. The highest BCUT2D eigenvalue weighted by Gasteiger charge is 2.23. The summed E-state index contributed by atoms with van der Waals surface area (Å²) < 4.78 is 11.3. The van der Waals surface area contributed by atoms with Gasteiger partial charge in [0.05, 0.1) is 4.88 Å². The fourth-order valence-corrected chi connectivity index (χ4v) is 4.70. The van der Waals surface area contributed by atoms with Gasteiger partial charge in [0, 0.05) is 28.6 Å². The number of benzene rings is 1. The van der Waals surface area contributed by atoms with Gasteiger partial charge >= 0.3 is 5.63 Å². The highest BCUT2D eigenvalue weighted by atomic mass is 35.5. The lowest BCUT2D eigenvalue weighted by molar-refractivity contribution is -0.930. The Balaban J connectivity index is 1.66. The first kappa shape index (κ1) is 18.7. The van der Waals surface area contributed by atoms with Crippen molar-refractivity contribution in [2.45, 2.75) is 39.0 Å². The van der Waals surface area contributed by atoms with Crippen LogP contribution in [-0.2, 0) is 17.8 Å². The molecule has 1 fully saturated rings. The highest BCUT2D eigenvalue weighted by Crippen LogP contribution is 2.25. The van der Waals surface area contributed by atoms with E-state index in [1.54, 1.807) is 17.4 Å². The fraction of sp³-hybridized carbons (Fsp3) is 0.381. The van der Waals surface area contributed by atoms with Gasteiger partial charge in [-0.2, -0.15) is 0 Å². The largest absolute Gasteiger partial charge is 0.423 e. The lowest BCUT2D eigenvalue weighted by atomic mass is 10.1. The molecule has 1 saturated heterocycles. The molecule has 3 aromatic rings. The molecular weight excluding hydrogens is 382 g/mol. The van der Waals surface area contributed by atoms with E-state index in [1.807, 2.05) is 19.1 Å². The molecule has 0 bridgehead atoms. The number of aryl methyl sites for hydroxylation is 1. The molecule has 6 heteroatoms. The predicted octanol–water partition coefficient (Wildman–Crippen LogP) is 3.58. The Morgan fingerprint density at radius 1 is 1.30 bits per heavy atom. The van der Waals surface area contributed by atoms with E-state index >= 15 is 0 Å². The molecule has 2 aromatic heterocycles. The number of rotatable bonds is 6. The molecule has 0 saturated carbocycles. The van der Waals surface area contributed by atoms with Crippen molar-refractivity contribution < 1.29 is 14.1 Å². The number of nitrogens with one attached hydrogen (secondary N) is 1. The zero-order chi connectivity index (χ0) is 18.8. The van der Waals surface area contributed by atoms with Crippen molar-refractivity contribution in [1.29, 1.82) is 0 Å². The van der Waals surface area contributed by atoms with Gasteiger partial charge in [0.2, 0.25) is 0 Å². The van der Waals surface area contributed by atoms with E-state index in [4.69, 9.17) is 20.8 Å². The van der Waals surface area contributed by atoms with Gasteiger partial charge in [-0.25, -0.2) is 4.79 Å². The topological polar surface area (TPSA) is 43.9 Å². The normalized spacial score (nSPS) is 18.2. The van der Waals surface area contributed by atoms with Gasteiger partial charge in [0.15, 0.2) is 0 Å². The number of hydrogen-bond acceptors (Lipinski definition) is 4. The van der Waals surface area contributed by atoms with Crippen LogP contribution in [0.2, 0.25) is 5.02 Å². The van der Waals surface area contributed by atoms with Crippen LogP contribution in [0.3, 0.4) is 0 Å². The van der Waals surface area contributed by atoms with Crippen molar-refractivity contribution in [3.05, 3.63) is 67.2 Å². The van der Waals surface area contributed by atoms with Crippen molar-refractivity contribution in [3.63, 3.8) is 0 Å². The van der Waals surface area contributed by atoms with Crippen molar-refractivity contribution in [2.75, 3.05) is 13.2 Å². The SMILES string of the molecule is Cc1cc2oc(=O)cc(C[NH+](Cc3cccs3)C[C@H]3CCCO3)c2cc1Cl. The van der Waals surface area contributed by atoms with Gasteiger partial charge in [0.1, 0.15) is 31.3 Å². The Hall–Kier alpha value is -1.66. The Labute approximate surface area is 167 Å². The Bertz CT molecular complexity index is 977. The maximum Gasteiger partial charge on any atom is 0.336 e. The van der Waals surface area contributed by atoms with Gasteiger partial charge in [-0.05, 0) is 48.9 Å². The van der Waals surface area contributed by atoms with Crippen LogP contribution in [0.5, 0.6) is 0 Å². The summed E-state index contributed by atoms with van der Waals surface area (Å²) in [7, 11) is 0.